The van der Waals surface area contributed by atoms with Gasteiger partial charge in [0, 0.05) is 26.3 Å². The van der Waals surface area contributed by atoms with Crippen LogP contribution in [0.25, 0.3) is 11.0 Å². The largest absolute Gasteiger partial charge is 0.383 e. The fourth-order valence-corrected chi connectivity index (χ4v) is 2.95. The summed E-state index contributed by atoms with van der Waals surface area (Å²) in [4.78, 5) is 11.7. The lowest BCUT2D eigenvalue weighted by Crippen LogP contribution is -2.42. The van der Waals surface area contributed by atoms with Gasteiger partial charge in [-0.05, 0) is 18.4 Å². The van der Waals surface area contributed by atoms with E-state index < -0.39 is 0 Å². The third-order valence-electron chi connectivity index (χ3n) is 3.98. The van der Waals surface area contributed by atoms with Crippen molar-refractivity contribution in [2.24, 2.45) is 0 Å². The predicted octanol–water partition coefficient (Wildman–Crippen LogP) is 1.06. The van der Waals surface area contributed by atoms with E-state index in [0.717, 1.165) is 30.3 Å². The fourth-order valence-electron chi connectivity index (χ4n) is 2.95. The first-order valence-electron chi connectivity index (χ1n) is 6.33. The average Bonchev–Trinajstić information content (AvgIpc) is 2.78. The number of nitrogens with one attached hydrogen (secondary N) is 1. The van der Waals surface area contributed by atoms with Crippen molar-refractivity contribution in [3.8, 4) is 0 Å². The Hall–Kier alpha value is -1.66. The van der Waals surface area contributed by atoms with Crippen LogP contribution in [0.4, 0.5) is 5.82 Å². The highest BCUT2D eigenvalue weighted by Gasteiger charge is 2.37. The molecule has 19 heavy (non-hydrogen) atoms. The van der Waals surface area contributed by atoms with Crippen molar-refractivity contribution >= 4 is 16.9 Å². The number of anilines is 1. The second-order valence-corrected chi connectivity index (χ2v) is 5.06. The zero-order valence-corrected chi connectivity index (χ0v) is 11.2. The zero-order chi connectivity index (χ0) is 13.5. The summed E-state index contributed by atoms with van der Waals surface area (Å²) < 4.78 is 11.0. The van der Waals surface area contributed by atoms with Gasteiger partial charge in [-0.3, -0.25) is 0 Å². The Bertz CT molecular complexity index is 610. The van der Waals surface area contributed by atoms with Crippen LogP contribution in [0.5, 0.6) is 0 Å². The Morgan fingerprint density at radius 3 is 3.00 bits per heavy atom. The number of hydrogen-bond donors (Lipinski definition) is 2. The lowest BCUT2D eigenvalue weighted by atomic mass is 9.83. The molecule has 6 nitrogen and oxygen atoms in total. The number of fused-ring (bicyclic) bond motifs is 3. The third kappa shape index (κ3) is 1.87. The third-order valence-corrected chi connectivity index (χ3v) is 3.98. The number of nitrogens with zero attached hydrogens (tertiary/aromatic N) is 2. The van der Waals surface area contributed by atoms with E-state index in [2.05, 4.69) is 15.0 Å². The van der Waals surface area contributed by atoms with Crippen molar-refractivity contribution in [3.63, 3.8) is 0 Å². The van der Waals surface area contributed by atoms with Crippen molar-refractivity contribution in [2.45, 2.75) is 24.9 Å². The standard InChI is InChI=1S/C13H18N4O2/c1-18-6-13(19-2)4-3-9-8(5-13)10-11(14)15-7-16-12(10)17-9/h7H,3-6H2,1-2H3,(H3,14,15,16,17). The highest BCUT2D eigenvalue weighted by molar-refractivity contribution is 5.90. The number of aromatic amines is 1. The molecule has 0 spiro atoms. The topological polar surface area (TPSA) is 86.0 Å². The van der Waals surface area contributed by atoms with E-state index in [9.17, 15) is 0 Å². The first kappa shape index (κ1) is 12.4. The lowest BCUT2D eigenvalue weighted by molar-refractivity contribution is -0.0721. The number of nitrogens with two attached hydrogens (primary N) is 1. The number of H-pyrrole nitrogens is 1. The van der Waals surface area contributed by atoms with Crippen molar-refractivity contribution in [2.75, 3.05) is 26.6 Å². The average molecular weight is 262 g/mol. The van der Waals surface area contributed by atoms with Gasteiger partial charge in [0.25, 0.3) is 0 Å². The number of nitrogen functional groups attached to an aromatic ring is 1. The summed E-state index contributed by atoms with van der Waals surface area (Å²) in [6.07, 6.45) is 4.08. The Morgan fingerprint density at radius 1 is 1.42 bits per heavy atom. The van der Waals surface area contributed by atoms with E-state index in [-0.39, 0.29) is 5.60 Å². The van der Waals surface area contributed by atoms with Crippen LogP contribution >= 0.6 is 0 Å². The summed E-state index contributed by atoms with van der Waals surface area (Å²) in [6, 6.07) is 0. The highest BCUT2D eigenvalue weighted by atomic mass is 16.5. The molecule has 0 amide bonds. The molecule has 0 fully saturated rings. The van der Waals surface area contributed by atoms with Crippen LogP contribution in [0.2, 0.25) is 0 Å². The van der Waals surface area contributed by atoms with E-state index in [0.29, 0.717) is 12.4 Å². The first-order valence-corrected chi connectivity index (χ1v) is 6.33. The number of aryl methyl sites for hydroxylation is 1. The SMILES string of the molecule is COCC1(OC)CCc2[nH]c3ncnc(N)c3c2C1. The van der Waals surface area contributed by atoms with Crippen LogP contribution in [-0.2, 0) is 22.3 Å². The molecule has 0 saturated carbocycles. The van der Waals surface area contributed by atoms with Gasteiger partial charge in [0.2, 0.25) is 0 Å². The summed E-state index contributed by atoms with van der Waals surface area (Å²) in [5, 5.41) is 0.926. The van der Waals surface area contributed by atoms with Crippen molar-refractivity contribution in [1.82, 2.24) is 15.0 Å². The lowest BCUT2D eigenvalue weighted by Gasteiger charge is -2.35. The van der Waals surface area contributed by atoms with Crippen LogP contribution in [0.1, 0.15) is 17.7 Å². The van der Waals surface area contributed by atoms with Crippen molar-refractivity contribution < 1.29 is 9.47 Å². The molecule has 3 rings (SSSR count). The molecule has 0 saturated heterocycles. The van der Waals surface area contributed by atoms with Gasteiger partial charge in [-0.25, -0.2) is 9.97 Å². The van der Waals surface area contributed by atoms with Crippen LogP contribution in [-0.4, -0.2) is 41.4 Å². The van der Waals surface area contributed by atoms with Gasteiger partial charge in [-0.15, -0.1) is 0 Å². The van der Waals surface area contributed by atoms with Crippen molar-refractivity contribution in [3.05, 3.63) is 17.6 Å². The van der Waals surface area contributed by atoms with E-state index in [1.54, 1.807) is 14.2 Å². The molecule has 6 heteroatoms. The molecule has 0 radical (unpaired) electrons. The van der Waals surface area contributed by atoms with E-state index in [4.69, 9.17) is 15.2 Å². The minimum Gasteiger partial charge on any atom is -0.383 e. The van der Waals surface area contributed by atoms with Crippen LogP contribution < -0.4 is 5.73 Å². The Balaban J connectivity index is 2.10. The molecule has 102 valence electrons. The van der Waals surface area contributed by atoms with Crippen molar-refractivity contribution in [1.29, 1.82) is 0 Å². The van der Waals surface area contributed by atoms with E-state index in [1.807, 2.05) is 0 Å². The summed E-state index contributed by atoms with van der Waals surface area (Å²) in [7, 11) is 3.43. The van der Waals surface area contributed by atoms with E-state index in [1.165, 1.54) is 17.6 Å². The summed E-state index contributed by atoms with van der Waals surface area (Å²) in [6.45, 7) is 0.573. The maximum absolute atomic E-state index is 5.99. The Labute approximate surface area is 111 Å². The van der Waals surface area contributed by atoms with Gasteiger partial charge in [0.15, 0.2) is 0 Å². The number of aromatic nitrogens is 3. The zero-order valence-electron chi connectivity index (χ0n) is 11.2. The molecule has 2 aromatic heterocycles. The molecule has 1 unspecified atom stereocenters. The van der Waals surface area contributed by atoms with Gasteiger partial charge < -0.3 is 20.2 Å². The monoisotopic (exact) mass is 262 g/mol. The van der Waals surface area contributed by atoms with Gasteiger partial charge in [-0.2, -0.15) is 0 Å². The number of methoxy groups -OCH3 is 2. The maximum atomic E-state index is 5.99. The van der Waals surface area contributed by atoms with Crippen LogP contribution in [0, 0.1) is 0 Å². The number of hydrogen-bond acceptors (Lipinski definition) is 5. The summed E-state index contributed by atoms with van der Waals surface area (Å²) >= 11 is 0. The second kappa shape index (κ2) is 4.47. The minimum atomic E-state index is -0.279. The molecule has 3 N–H and O–H groups in total. The summed E-state index contributed by atoms with van der Waals surface area (Å²) in [5.41, 5.74) is 8.87. The van der Waals surface area contributed by atoms with Gasteiger partial charge in [0.1, 0.15) is 17.8 Å². The van der Waals surface area contributed by atoms with Crippen LogP contribution in [0.15, 0.2) is 6.33 Å². The summed E-state index contributed by atoms with van der Waals surface area (Å²) in [5.74, 6) is 0.520. The molecule has 1 aliphatic rings. The molecular formula is C13H18N4O2. The predicted molar refractivity (Wildman–Crippen MR) is 71.9 cm³/mol. The molecule has 2 aromatic rings. The smallest absolute Gasteiger partial charge is 0.143 e. The molecule has 2 heterocycles. The molecule has 0 bridgehead atoms. The quantitative estimate of drug-likeness (QED) is 0.863. The molecule has 0 aliphatic heterocycles. The van der Waals surface area contributed by atoms with E-state index >= 15 is 0 Å². The van der Waals surface area contributed by atoms with Crippen LogP contribution in [0.3, 0.4) is 0 Å². The maximum Gasteiger partial charge on any atom is 0.143 e. The Kier molecular flexibility index (Phi) is 2.91. The molecule has 1 aliphatic carbocycles. The van der Waals surface area contributed by atoms with Gasteiger partial charge in [0.05, 0.1) is 17.6 Å². The molecule has 1 atom stereocenters. The second-order valence-electron chi connectivity index (χ2n) is 5.06. The van der Waals surface area contributed by atoms with Gasteiger partial charge >= 0.3 is 0 Å². The number of rotatable bonds is 3. The minimum absolute atomic E-state index is 0.279. The normalized spacial score (nSPS) is 22.6. The molecule has 0 aromatic carbocycles. The Morgan fingerprint density at radius 2 is 2.26 bits per heavy atom. The first-order chi connectivity index (χ1) is 9.19. The number of ether oxygens (including phenoxy) is 2. The molecular weight excluding hydrogens is 244 g/mol. The van der Waals surface area contributed by atoms with Gasteiger partial charge in [-0.1, -0.05) is 0 Å². The fraction of sp³-hybridized carbons (Fsp3) is 0.538. The highest BCUT2D eigenvalue weighted by Crippen LogP contribution is 2.36.